The molecule has 2 aromatic carbocycles. The van der Waals surface area contributed by atoms with Crippen LogP contribution in [0.5, 0.6) is 0 Å². The van der Waals surface area contributed by atoms with Crippen LogP contribution in [-0.4, -0.2) is 8.42 Å². The van der Waals surface area contributed by atoms with Crippen molar-refractivity contribution in [2.45, 2.75) is 18.4 Å². The highest BCUT2D eigenvalue weighted by Crippen LogP contribution is 2.25. The molecule has 0 aromatic heterocycles. The van der Waals surface area contributed by atoms with Gasteiger partial charge < -0.3 is 5.73 Å². The van der Waals surface area contributed by atoms with Gasteiger partial charge in [-0.2, -0.15) is 0 Å². The minimum Gasteiger partial charge on any atom is -0.326 e. The quantitative estimate of drug-likeness (QED) is 0.912. The Morgan fingerprint density at radius 3 is 2.40 bits per heavy atom. The van der Waals surface area contributed by atoms with Crippen LogP contribution in [0.1, 0.15) is 11.1 Å². The lowest BCUT2D eigenvalue weighted by molar-refractivity contribution is 0.601. The van der Waals surface area contributed by atoms with Crippen LogP contribution >= 0.6 is 11.6 Å². The molecule has 0 aliphatic heterocycles. The first-order valence-electron chi connectivity index (χ1n) is 6.00. The molecule has 0 saturated carbocycles. The lowest BCUT2D eigenvalue weighted by Crippen LogP contribution is -2.14. The molecule has 0 amide bonds. The molecule has 4 nitrogen and oxygen atoms in total. The average molecular weight is 311 g/mol. The third-order valence-corrected chi connectivity index (χ3v) is 4.69. The number of aryl methyl sites for hydroxylation is 1. The SMILES string of the molecule is Cc1ccc(NS(=O)(=O)c2cc(CN)ccc2Cl)cc1. The number of hydrogen-bond acceptors (Lipinski definition) is 3. The Bertz CT molecular complexity index is 712. The van der Waals surface area contributed by atoms with Crippen molar-refractivity contribution in [3.8, 4) is 0 Å². The lowest BCUT2D eigenvalue weighted by Gasteiger charge is -2.11. The van der Waals surface area contributed by atoms with Crippen molar-refractivity contribution in [2.75, 3.05) is 4.72 Å². The predicted molar refractivity (Wildman–Crippen MR) is 81.3 cm³/mol. The zero-order valence-electron chi connectivity index (χ0n) is 10.9. The number of rotatable bonds is 4. The van der Waals surface area contributed by atoms with Crippen molar-refractivity contribution in [3.63, 3.8) is 0 Å². The van der Waals surface area contributed by atoms with E-state index in [0.717, 1.165) is 5.56 Å². The fraction of sp³-hybridized carbons (Fsp3) is 0.143. The Morgan fingerprint density at radius 1 is 1.15 bits per heavy atom. The topological polar surface area (TPSA) is 72.2 Å². The van der Waals surface area contributed by atoms with E-state index >= 15 is 0 Å². The summed E-state index contributed by atoms with van der Waals surface area (Å²) < 4.78 is 27.2. The van der Waals surface area contributed by atoms with Crippen LogP contribution in [0.25, 0.3) is 0 Å². The van der Waals surface area contributed by atoms with E-state index in [0.29, 0.717) is 11.3 Å². The maximum Gasteiger partial charge on any atom is 0.263 e. The minimum absolute atomic E-state index is 0.0303. The summed E-state index contributed by atoms with van der Waals surface area (Å²) in [5.74, 6) is 0. The Labute approximate surface area is 123 Å². The minimum atomic E-state index is -3.73. The number of sulfonamides is 1. The van der Waals surface area contributed by atoms with E-state index in [1.807, 2.05) is 19.1 Å². The second kappa shape index (κ2) is 5.83. The molecular formula is C14H15ClN2O2S. The molecule has 0 atom stereocenters. The lowest BCUT2D eigenvalue weighted by atomic mass is 10.2. The van der Waals surface area contributed by atoms with Crippen LogP contribution in [0, 0.1) is 6.92 Å². The van der Waals surface area contributed by atoms with Gasteiger partial charge in [0.1, 0.15) is 4.90 Å². The monoisotopic (exact) mass is 310 g/mol. The molecule has 0 heterocycles. The normalized spacial score (nSPS) is 11.3. The van der Waals surface area contributed by atoms with E-state index in [9.17, 15) is 8.42 Å². The maximum atomic E-state index is 12.3. The second-order valence-electron chi connectivity index (χ2n) is 4.44. The summed E-state index contributed by atoms with van der Waals surface area (Å²) in [7, 11) is -3.73. The number of nitrogens with two attached hydrogens (primary N) is 1. The van der Waals surface area contributed by atoms with Crippen LogP contribution in [-0.2, 0) is 16.6 Å². The Morgan fingerprint density at radius 2 is 1.80 bits per heavy atom. The molecule has 0 radical (unpaired) electrons. The van der Waals surface area contributed by atoms with Crippen molar-refractivity contribution >= 4 is 27.3 Å². The molecule has 2 aromatic rings. The van der Waals surface area contributed by atoms with Gasteiger partial charge in [0.25, 0.3) is 10.0 Å². The Hall–Kier alpha value is -1.56. The highest BCUT2D eigenvalue weighted by Gasteiger charge is 2.18. The standard InChI is InChI=1S/C14H15ClN2O2S/c1-10-2-5-12(6-3-10)17-20(18,19)14-8-11(9-16)4-7-13(14)15/h2-8,17H,9,16H2,1H3. The highest BCUT2D eigenvalue weighted by molar-refractivity contribution is 7.92. The van der Waals surface area contributed by atoms with Crippen LogP contribution in [0.2, 0.25) is 5.02 Å². The summed E-state index contributed by atoms with van der Waals surface area (Å²) in [6.07, 6.45) is 0. The fourth-order valence-electron chi connectivity index (χ4n) is 1.71. The molecular weight excluding hydrogens is 296 g/mol. The number of benzene rings is 2. The predicted octanol–water partition coefficient (Wildman–Crippen LogP) is 2.91. The van der Waals surface area contributed by atoms with Crippen molar-refractivity contribution in [1.82, 2.24) is 0 Å². The molecule has 0 fully saturated rings. The molecule has 106 valence electrons. The van der Waals surface area contributed by atoms with Gasteiger partial charge in [-0.05, 0) is 36.8 Å². The van der Waals surface area contributed by atoms with E-state index in [2.05, 4.69) is 4.72 Å². The Balaban J connectivity index is 2.37. The van der Waals surface area contributed by atoms with Crippen molar-refractivity contribution in [2.24, 2.45) is 5.73 Å². The van der Waals surface area contributed by atoms with E-state index in [1.165, 1.54) is 12.1 Å². The zero-order chi connectivity index (χ0) is 14.8. The average Bonchev–Trinajstić information content (AvgIpc) is 2.41. The van der Waals surface area contributed by atoms with Crippen LogP contribution in [0.4, 0.5) is 5.69 Å². The van der Waals surface area contributed by atoms with Gasteiger partial charge in [0, 0.05) is 12.2 Å². The maximum absolute atomic E-state index is 12.3. The summed E-state index contributed by atoms with van der Waals surface area (Å²) in [4.78, 5) is 0.0303. The van der Waals surface area contributed by atoms with Gasteiger partial charge in [-0.1, -0.05) is 35.4 Å². The van der Waals surface area contributed by atoms with Crippen LogP contribution in [0.3, 0.4) is 0 Å². The first kappa shape index (κ1) is 14.8. The smallest absolute Gasteiger partial charge is 0.263 e. The summed E-state index contributed by atoms with van der Waals surface area (Å²) >= 11 is 5.97. The number of hydrogen-bond donors (Lipinski definition) is 2. The van der Waals surface area contributed by atoms with Gasteiger partial charge in [-0.15, -0.1) is 0 Å². The van der Waals surface area contributed by atoms with E-state index in [-0.39, 0.29) is 16.5 Å². The molecule has 0 aliphatic rings. The molecule has 20 heavy (non-hydrogen) atoms. The Kier molecular flexibility index (Phi) is 4.32. The van der Waals surface area contributed by atoms with Crippen LogP contribution in [0.15, 0.2) is 47.4 Å². The van der Waals surface area contributed by atoms with E-state index < -0.39 is 10.0 Å². The summed E-state index contributed by atoms with van der Waals surface area (Å²) in [5.41, 5.74) is 7.77. The molecule has 0 spiro atoms. The van der Waals surface area contributed by atoms with E-state index in [1.54, 1.807) is 18.2 Å². The second-order valence-corrected chi connectivity index (χ2v) is 6.50. The van der Waals surface area contributed by atoms with E-state index in [4.69, 9.17) is 17.3 Å². The molecule has 0 bridgehead atoms. The molecule has 0 aliphatic carbocycles. The summed E-state index contributed by atoms with van der Waals surface area (Å²) in [6.45, 7) is 2.18. The molecule has 6 heteroatoms. The fourth-order valence-corrected chi connectivity index (χ4v) is 3.32. The number of anilines is 1. The molecule has 0 saturated heterocycles. The van der Waals surface area contributed by atoms with Crippen molar-refractivity contribution < 1.29 is 8.42 Å². The summed E-state index contributed by atoms with van der Waals surface area (Å²) in [6, 6.07) is 11.8. The van der Waals surface area contributed by atoms with Gasteiger partial charge in [-0.25, -0.2) is 8.42 Å². The molecule has 2 rings (SSSR count). The number of nitrogens with one attached hydrogen (secondary N) is 1. The zero-order valence-corrected chi connectivity index (χ0v) is 12.5. The van der Waals surface area contributed by atoms with Gasteiger partial charge in [-0.3, -0.25) is 4.72 Å². The summed E-state index contributed by atoms with van der Waals surface area (Å²) in [5, 5.41) is 0.168. The largest absolute Gasteiger partial charge is 0.326 e. The first-order chi connectivity index (χ1) is 9.42. The molecule has 3 N–H and O–H groups in total. The van der Waals surface area contributed by atoms with Crippen molar-refractivity contribution in [3.05, 3.63) is 58.6 Å². The number of halogens is 1. The third-order valence-electron chi connectivity index (χ3n) is 2.82. The van der Waals surface area contributed by atoms with Crippen LogP contribution < -0.4 is 10.5 Å². The highest BCUT2D eigenvalue weighted by atomic mass is 35.5. The third kappa shape index (κ3) is 3.30. The van der Waals surface area contributed by atoms with Gasteiger partial charge >= 0.3 is 0 Å². The van der Waals surface area contributed by atoms with Crippen molar-refractivity contribution in [1.29, 1.82) is 0 Å². The first-order valence-corrected chi connectivity index (χ1v) is 7.86. The van der Waals surface area contributed by atoms with Gasteiger partial charge in [0.2, 0.25) is 0 Å². The van der Waals surface area contributed by atoms with Gasteiger partial charge in [0.15, 0.2) is 0 Å². The van der Waals surface area contributed by atoms with Gasteiger partial charge in [0.05, 0.1) is 5.02 Å². The molecule has 0 unspecified atom stereocenters.